The molecule has 0 bridgehead atoms. The molecule has 2 aliphatic rings. The number of benzene rings is 4. The number of halogens is 5. The van der Waals surface area contributed by atoms with Crippen LogP contribution >= 0.6 is 35.1 Å². The topological polar surface area (TPSA) is 247 Å². The fraction of sp³-hybridized carbons (Fsp3) is 0.350. The second-order valence-electron chi connectivity index (χ2n) is 22.3. The lowest BCUT2D eigenvalue weighted by Crippen LogP contribution is -2.43. The zero-order valence-corrected chi connectivity index (χ0v) is 52.8. The van der Waals surface area contributed by atoms with Crippen LogP contribution in [0.3, 0.4) is 0 Å². The summed E-state index contributed by atoms with van der Waals surface area (Å²) in [5.74, 6) is -2.65. The Morgan fingerprint density at radius 2 is 1.20 bits per heavy atom. The smallest absolute Gasteiger partial charge is 0.410 e. The highest BCUT2D eigenvalue weighted by molar-refractivity contribution is 7.90. The molecule has 27 heteroatoms. The number of nitrogens with zero attached hydrogens (tertiary/aromatic N) is 9. The third-order valence-electron chi connectivity index (χ3n) is 13.5. The fourth-order valence-corrected chi connectivity index (χ4v) is 11.7. The third kappa shape index (κ3) is 18.2. The van der Waals surface area contributed by atoms with E-state index < -0.39 is 54.9 Å². The molecule has 0 saturated carbocycles. The van der Waals surface area contributed by atoms with Crippen LogP contribution in [0.1, 0.15) is 106 Å². The number of carbonyl (C=O) groups excluding carboxylic acids is 3. The zero-order chi connectivity index (χ0) is 63.4. The van der Waals surface area contributed by atoms with Crippen LogP contribution in [-0.4, -0.2) is 117 Å². The summed E-state index contributed by atoms with van der Waals surface area (Å²) in [5, 5.41) is 9.39. The van der Waals surface area contributed by atoms with Gasteiger partial charge in [-0.2, -0.15) is 31.1 Å². The normalized spacial score (nSPS) is 14.4. The van der Waals surface area contributed by atoms with Gasteiger partial charge in [-0.1, -0.05) is 58.6 Å². The zero-order valence-electron chi connectivity index (χ0n) is 48.9. The van der Waals surface area contributed by atoms with Crippen molar-refractivity contribution in [2.24, 2.45) is 11.0 Å². The molecular formula is C60H65Cl3F2N10O10S2. The molecule has 9 rings (SSSR count). The molecular weight excluding hydrogens is 1230 g/mol. The van der Waals surface area contributed by atoms with Crippen molar-refractivity contribution in [3.8, 4) is 22.5 Å². The first-order chi connectivity index (χ1) is 41.0. The Labute approximate surface area is 519 Å². The average molecular weight is 1290 g/mol. The maximum Gasteiger partial charge on any atom is 0.410 e. The summed E-state index contributed by atoms with van der Waals surface area (Å²) in [6.07, 6.45) is 7.88. The molecule has 2 saturated heterocycles. The Morgan fingerprint density at radius 3 is 1.69 bits per heavy atom. The van der Waals surface area contributed by atoms with Crippen molar-refractivity contribution in [1.82, 2.24) is 43.8 Å². The Bertz CT molecular complexity index is 3810. The van der Waals surface area contributed by atoms with Gasteiger partial charge in [0.25, 0.3) is 20.0 Å². The van der Waals surface area contributed by atoms with Gasteiger partial charge in [0.15, 0.2) is 0 Å². The van der Waals surface area contributed by atoms with E-state index in [4.69, 9.17) is 44.5 Å². The van der Waals surface area contributed by atoms with Gasteiger partial charge in [-0.3, -0.25) is 0 Å². The molecule has 20 nitrogen and oxygen atoms in total. The van der Waals surface area contributed by atoms with E-state index in [1.807, 2.05) is 55.4 Å². The number of aromatic nitrogens is 6. The van der Waals surface area contributed by atoms with Gasteiger partial charge >= 0.3 is 18.2 Å². The molecule has 2 amide bonds. The van der Waals surface area contributed by atoms with E-state index in [1.54, 1.807) is 64.5 Å². The number of amides is 2. The number of hydrogen-bond acceptors (Lipinski definition) is 16. The van der Waals surface area contributed by atoms with Crippen LogP contribution in [0, 0.1) is 31.4 Å². The van der Waals surface area contributed by atoms with Crippen LogP contribution in [0.25, 0.3) is 22.5 Å². The number of hydrogen-bond donors (Lipinski definition) is 1. The number of carbonyl (C=O) groups is 3. The van der Waals surface area contributed by atoms with Gasteiger partial charge in [0, 0.05) is 83.8 Å². The summed E-state index contributed by atoms with van der Waals surface area (Å²) >= 11 is 16.3. The van der Waals surface area contributed by atoms with Crippen LogP contribution in [0.15, 0.2) is 137 Å². The monoisotopic (exact) mass is 1290 g/mol. The molecule has 5 heterocycles. The van der Waals surface area contributed by atoms with Crippen LogP contribution in [0.2, 0.25) is 10.0 Å². The van der Waals surface area contributed by atoms with E-state index in [0.29, 0.717) is 80.9 Å². The minimum atomic E-state index is -4.28. The molecule has 0 aliphatic carbocycles. The molecule has 2 aliphatic heterocycles. The highest BCUT2D eigenvalue weighted by Crippen LogP contribution is 2.43. The summed E-state index contributed by atoms with van der Waals surface area (Å²) in [4.78, 5) is 58.3. The van der Waals surface area contributed by atoms with Crippen molar-refractivity contribution in [1.29, 1.82) is 0 Å². The number of hydrazone groups is 1. The van der Waals surface area contributed by atoms with E-state index in [0.717, 1.165) is 33.0 Å². The number of piperidine rings is 2. The van der Waals surface area contributed by atoms with Crippen molar-refractivity contribution in [3.05, 3.63) is 172 Å². The molecule has 462 valence electrons. The third-order valence-corrected chi connectivity index (χ3v) is 16.9. The number of ether oxygens (including phenoxy) is 2. The summed E-state index contributed by atoms with van der Waals surface area (Å²) in [6.45, 7) is 16.5. The number of sulfonamides is 1. The maximum atomic E-state index is 15.6. The predicted octanol–water partition coefficient (Wildman–Crippen LogP) is 12.6. The highest BCUT2D eigenvalue weighted by atomic mass is 35.5. The van der Waals surface area contributed by atoms with Gasteiger partial charge in [0.05, 0.1) is 38.0 Å². The molecule has 1 N–H and O–H groups in total. The van der Waals surface area contributed by atoms with Crippen molar-refractivity contribution in [2.75, 3.05) is 26.2 Å². The highest BCUT2D eigenvalue weighted by Gasteiger charge is 2.37. The Morgan fingerprint density at radius 1 is 0.678 bits per heavy atom. The lowest BCUT2D eigenvalue weighted by molar-refractivity contribution is 0.0192. The van der Waals surface area contributed by atoms with Crippen molar-refractivity contribution >= 4 is 79.0 Å². The lowest BCUT2D eigenvalue weighted by Gasteiger charge is -2.33. The Hall–Kier alpha value is -7.64. The second kappa shape index (κ2) is 28.9. The largest absolute Gasteiger partial charge is 0.444 e. The molecule has 87 heavy (non-hydrogen) atoms. The summed E-state index contributed by atoms with van der Waals surface area (Å²) in [7, 11) is -8.08. The van der Waals surface area contributed by atoms with Gasteiger partial charge in [0.1, 0.15) is 47.4 Å². The first-order valence-corrected chi connectivity index (χ1v) is 31.3. The Balaban J connectivity index is 0.000000213. The number of aryl methyl sites for hydroxylation is 2. The van der Waals surface area contributed by atoms with Gasteiger partial charge in [-0.05, 0) is 154 Å². The first kappa shape index (κ1) is 66.9. The summed E-state index contributed by atoms with van der Waals surface area (Å²) in [6, 6.07) is 24.0. The van der Waals surface area contributed by atoms with Gasteiger partial charge in [-0.15, -0.1) is 0 Å². The summed E-state index contributed by atoms with van der Waals surface area (Å²) < 4.78 is 97.9. The minimum Gasteiger partial charge on any atom is -0.444 e. The van der Waals surface area contributed by atoms with Crippen molar-refractivity contribution in [2.45, 2.75) is 114 Å². The van der Waals surface area contributed by atoms with Crippen LogP contribution < -0.4 is 4.83 Å². The standard InChI is InChI=1S/C30H31ClFN5O4S.C23H31N5O4S.C7H3Cl2FO2/c1-19-5-8-22(9-6-19)42(39,40)37-28(23-10-7-21(31)17-24(23)32)26(25-11-14-33-18-34-25)27(35-37)20-12-15-36(16-13-20)29(38)41-30(2,3)4;1-17-5-7-20(8-6-17)33(30,31)27-26-21(15-19-9-12-24-16-25-19)18-10-13-28(14-11-18)22(29)32-23(2,3)4;8-4-1-2-5(6(10)3-4)7(11)12-9/h5-11,14,17-18,20H,12-13,15-16H2,1-4H3;5-9,12,16,18,27H,10-11,13-15H2,1-4H3;1-3H/b;26-21-;. The number of likely N-dealkylation sites (tertiary alicyclic amines) is 2. The fourth-order valence-electron chi connectivity index (χ4n) is 9.15. The molecule has 2 fully saturated rings. The van der Waals surface area contributed by atoms with Crippen LogP contribution in [0.5, 0.6) is 0 Å². The van der Waals surface area contributed by atoms with Gasteiger partial charge < -0.3 is 23.6 Å². The van der Waals surface area contributed by atoms with E-state index in [2.05, 4.69) is 39.3 Å². The van der Waals surface area contributed by atoms with E-state index in [9.17, 15) is 35.6 Å². The number of nitrogens with one attached hydrogen (secondary N) is 1. The minimum absolute atomic E-state index is 0.000583. The first-order valence-electron chi connectivity index (χ1n) is 27.3. The van der Waals surface area contributed by atoms with E-state index >= 15 is 4.39 Å². The van der Waals surface area contributed by atoms with E-state index in [-0.39, 0.29) is 54.6 Å². The molecule has 0 spiro atoms. The molecule has 0 atom stereocenters. The molecule has 7 aromatic rings. The molecule has 0 radical (unpaired) electrons. The maximum absolute atomic E-state index is 15.6. The van der Waals surface area contributed by atoms with Crippen molar-refractivity contribution < 1.29 is 53.8 Å². The quantitative estimate of drug-likeness (QED) is 0.0882. The van der Waals surface area contributed by atoms with Gasteiger partial charge in [-0.25, -0.2) is 47.9 Å². The molecule has 3 aromatic heterocycles. The van der Waals surface area contributed by atoms with E-state index in [1.165, 1.54) is 55.2 Å². The van der Waals surface area contributed by atoms with Crippen molar-refractivity contribution in [3.63, 3.8) is 0 Å². The average Bonchev–Trinajstić information content (AvgIpc) is 1.63. The predicted molar refractivity (Wildman–Crippen MR) is 325 cm³/mol. The second-order valence-corrected chi connectivity index (χ2v) is 26.8. The lowest BCUT2D eigenvalue weighted by atomic mass is 9.89. The Kier molecular flexibility index (Phi) is 22.2. The summed E-state index contributed by atoms with van der Waals surface area (Å²) in [5.41, 5.74) is 3.11. The van der Waals surface area contributed by atoms with Crippen LogP contribution in [0.4, 0.5) is 18.4 Å². The van der Waals surface area contributed by atoms with Gasteiger partial charge in [0.2, 0.25) is 0 Å². The number of rotatable bonds is 12. The van der Waals surface area contributed by atoms with Crippen LogP contribution in [-0.2, 0) is 40.2 Å². The molecule has 4 aromatic carbocycles. The molecule has 0 unspecified atom stereocenters. The SMILES string of the molecule is Cc1ccc(S(=O)(=O)N/N=C(/Cc2ccncn2)C2CCN(C(=O)OC(C)(C)C)CC2)cc1.Cc1ccc(S(=O)(=O)n2nc(C3CCN(C(=O)OC(C)(C)C)CC3)c(-c3ccncn3)c2-c2ccc(Cl)cc2F)cc1.O=C(OCl)c1ccc(Cl)cc1F.